The molecule has 0 atom stereocenters. The minimum absolute atomic E-state index is 0.00819. The Morgan fingerprint density at radius 3 is 2.83 bits per heavy atom. The minimum atomic E-state index is -3.64. The van der Waals surface area contributed by atoms with E-state index in [1.165, 1.54) is 16.6 Å². The highest BCUT2D eigenvalue weighted by Gasteiger charge is 2.26. The maximum atomic E-state index is 12.4. The molecule has 7 heteroatoms. The van der Waals surface area contributed by atoms with E-state index in [1.807, 2.05) is 6.92 Å². The van der Waals surface area contributed by atoms with Gasteiger partial charge in [0.1, 0.15) is 10.0 Å². The monoisotopic (exact) mass is 352 g/mol. The number of nitrogens with zero attached hydrogens (tertiary/aromatic N) is 2. The first kappa shape index (κ1) is 15.6. The first-order valence-corrected chi connectivity index (χ1v) is 7.96. The fraction of sp³-hybridized carbons (Fsp3) is 0.364. The van der Waals surface area contributed by atoms with Gasteiger partial charge in [-0.2, -0.15) is 4.31 Å². The van der Waals surface area contributed by atoms with E-state index in [0.717, 1.165) is 0 Å². The van der Waals surface area contributed by atoms with Crippen molar-refractivity contribution in [2.45, 2.75) is 18.2 Å². The number of hydrogen-bond donors (Lipinski definition) is 0. The summed E-state index contributed by atoms with van der Waals surface area (Å²) >= 11 is 9.05. The Labute approximate surface area is 121 Å². The Balaban J connectivity index is 3.25. The van der Waals surface area contributed by atoms with Crippen LogP contribution in [0.15, 0.2) is 34.3 Å². The molecule has 0 spiro atoms. The van der Waals surface area contributed by atoms with Gasteiger partial charge in [-0.15, -0.1) is 6.58 Å². The lowest BCUT2D eigenvalue weighted by molar-refractivity contribution is 0.441. The van der Waals surface area contributed by atoms with Gasteiger partial charge >= 0.3 is 0 Å². The Morgan fingerprint density at radius 1 is 1.61 bits per heavy atom. The van der Waals surface area contributed by atoms with E-state index in [2.05, 4.69) is 27.5 Å². The summed E-state index contributed by atoms with van der Waals surface area (Å²) in [5.74, 6) is 0. The lowest BCUT2D eigenvalue weighted by Crippen LogP contribution is -2.32. The molecule has 0 amide bonds. The second-order valence-corrected chi connectivity index (χ2v) is 6.77. The summed E-state index contributed by atoms with van der Waals surface area (Å²) < 4.78 is 26.7. The van der Waals surface area contributed by atoms with Gasteiger partial charge in [-0.1, -0.05) is 24.6 Å². The van der Waals surface area contributed by atoms with Crippen LogP contribution in [-0.4, -0.2) is 30.8 Å². The molecule has 0 aromatic carbocycles. The van der Waals surface area contributed by atoms with Crippen molar-refractivity contribution < 1.29 is 8.42 Å². The summed E-state index contributed by atoms with van der Waals surface area (Å²) in [6, 6.07) is 1.45. The molecular weight excluding hydrogens is 340 g/mol. The van der Waals surface area contributed by atoms with E-state index < -0.39 is 10.0 Å². The average molecular weight is 354 g/mol. The first-order chi connectivity index (χ1) is 8.43. The maximum Gasteiger partial charge on any atom is 0.246 e. The fourth-order valence-electron chi connectivity index (χ4n) is 1.43. The molecule has 1 aromatic rings. The summed E-state index contributed by atoms with van der Waals surface area (Å²) in [6.07, 6.45) is 3.72. The second kappa shape index (κ2) is 6.65. The van der Waals surface area contributed by atoms with Crippen LogP contribution in [0.1, 0.15) is 13.3 Å². The fourth-order valence-corrected chi connectivity index (χ4v) is 3.85. The lowest BCUT2D eigenvalue weighted by Gasteiger charge is -2.20. The van der Waals surface area contributed by atoms with Gasteiger partial charge in [0.15, 0.2) is 0 Å². The van der Waals surface area contributed by atoms with Crippen LogP contribution in [0.2, 0.25) is 5.15 Å². The molecule has 0 aliphatic rings. The van der Waals surface area contributed by atoms with Crippen molar-refractivity contribution in [3.8, 4) is 0 Å². The van der Waals surface area contributed by atoms with Crippen LogP contribution in [0.4, 0.5) is 0 Å². The Bertz CT molecular complexity index is 534. The van der Waals surface area contributed by atoms with Crippen molar-refractivity contribution in [3.63, 3.8) is 0 Å². The summed E-state index contributed by atoms with van der Waals surface area (Å²) in [6.45, 7) is 6.14. The quantitative estimate of drug-likeness (QED) is 0.583. The maximum absolute atomic E-state index is 12.4. The smallest absolute Gasteiger partial charge is 0.242 e. The Morgan fingerprint density at radius 2 is 2.28 bits per heavy atom. The normalized spacial score (nSPS) is 11.8. The van der Waals surface area contributed by atoms with Gasteiger partial charge in [-0.05, 0) is 28.4 Å². The third kappa shape index (κ3) is 3.54. The van der Waals surface area contributed by atoms with E-state index in [0.29, 0.717) is 17.4 Å². The third-order valence-electron chi connectivity index (χ3n) is 2.20. The predicted molar refractivity (Wildman–Crippen MR) is 76.2 cm³/mol. The molecule has 0 saturated heterocycles. The summed E-state index contributed by atoms with van der Waals surface area (Å²) in [5, 5.41) is -0.0247. The Kier molecular flexibility index (Phi) is 5.78. The van der Waals surface area contributed by atoms with E-state index in [4.69, 9.17) is 11.6 Å². The third-order valence-corrected chi connectivity index (χ3v) is 4.92. The van der Waals surface area contributed by atoms with Gasteiger partial charge in [-0.25, -0.2) is 13.4 Å². The van der Waals surface area contributed by atoms with Crippen molar-refractivity contribution in [1.29, 1.82) is 0 Å². The van der Waals surface area contributed by atoms with E-state index in [1.54, 1.807) is 6.08 Å². The summed E-state index contributed by atoms with van der Waals surface area (Å²) in [4.78, 5) is 3.84. The average Bonchev–Trinajstić information content (AvgIpc) is 2.32. The van der Waals surface area contributed by atoms with Gasteiger partial charge in [0.2, 0.25) is 10.0 Å². The van der Waals surface area contributed by atoms with Crippen molar-refractivity contribution in [2.75, 3.05) is 13.1 Å². The molecule has 0 fully saturated rings. The molecule has 0 bridgehead atoms. The number of hydrogen-bond acceptors (Lipinski definition) is 3. The van der Waals surface area contributed by atoms with E-state index in [9.17, 15) is 8.42 Å². The number of pyridine rings is 1. The molecule has 0 N–H and O–H groups in total. The highest BCUT2D eigenvalue weighted by atomic mass is 79.9. The molecule has 4 nitrogen and oxygen atoms in total. The SMILES string of the molecule is C=CCN(CCC)S(=O)(=O)c1cc(Br)cnc1Cl. The van der Waals surface area contributed by atoms with Gasteiger partial charge in [-0.3, -0.25) is 0 Å². The molecule has 0 saturated carbocycles. The number of sulfonamides is 1. The summed E-state index contributed by atoms with van der Waals surface area (Å²) in [7, 11) is -3.64. The number of aromatic nitrogens is 1. The van der Waals surface area contributed by atoms with Crippen molar-refractivity contribution >= 4 is 37.6 Å². The van der Waals surface area contributed by atoms with Crippen LogP contribution in [0, 0.1) is 0 Å². The van der Waals surface area contributed by atoms with Gasteiger partial charge in [0, 0.05) is 23.8 Å². The number of rotatable bonds is 6. The minimum Gasteiger partial charge on any atom is -0.242 e. The van der Waals surface area contributed by atoms with E-state index >= 15 is 0 Å². The number of halogens is 2. The molecule has 1 heterocycles. The molecule has 18 heavy (non-hydrogen) atoms. The van der Waals surface area contributed by atoms with Crippen LogP contribution >= 0.6 is 27.5 Å². The molecule has 0 aliphatic carbocycles. The zero-order valence-corrected chi connectivity index (χ0v) is 13.1. The molecule has 0 aliphatic heterocycles. The second-order valence-electron chi connectivity index (χ2n) is 3.59. The Hall–Kier alpha value is -0.430. The topological polar surface area (TPSA) is 50.3 Å². The largest absolute Gasteiger partial charge is 0.246 e. The molecular formula is C11H14BrClN2O2S. The molecule has 1 rings (SSSR count). The predicted octanol–water partition coefficient (Wildman–Crippen LogP) is 3.08. The molecule has 0 unspecified atom stereocenters. The molecule has 0 radical (unpaired) electrons. The van der Waals surface area contributed by atoms with Crippen LogP contribution in [0.5, 0.6) is 0 Å². The van der Waals surface area contributed by atoms with Crippen molar-refractivity contribution in [2.24, 2.45) is 0 Å². The van der Waals surface area contributed by atoms with Gasteiger partial charge in [0.05, 0.1) is 0 Å². The highest BCUT2D eigenvalue weighted by Crippen LogP contribution is 2.25. The van der Waals surface area contributed by atoms with Gasteiger partial charge in [0.25, 0.3) is 0 Å². The van der Waals surface area contributed by atoms with Crippen LogP contribution < -0.4 is 0 Å². The lowest BCUT2D eigenvalue weighted by atomic mass is 10.5. The highest BCUT2D eigenvalue weighted by molar-refractivity contribution is 9.10. The van der Waals surface area contributed by atoms with E-state index in [-0.39, 0.29) is 16.6 Å². The molecule has 1 aromatic heterocycles. The zero-order chi connectivity index (χ0) is 13.8. The summed E-state index contributed by atoms with van der Waals surface area (Å²) in [5.41, 5.74) is 0. The molecule has 100 valence electrons. The van der Waals surface area contributed by atoms with Crippen molar-refractivity contribution in [3.05, 3.63) is 34.5 Å². The van der Waals surface area contributed by atoms with Gasteiger partial charge < -0.3 is 0 Å². The zero-order valence-electron chi connectivity index (χ0n) is 9.94. The van der Waals surface area contributed by atoms with Crippen LogP contribution in [0.25, 0.3) is 0 Å². The standard InChI is InChI=1S/C11H14BrClN2O2S/c1-3-5-15(6-4-2)18(16,17)10-7-9(12)8-14-11(10)13/h3,7-8H,1,4-6H2,2H3. The van der Waals surface area contributed by atoms with Crippen molar-refractivity contribution in [1.82, 2.24) is 9.29 Å². The van der Waals surface area contributed by atoms with Crippen LogP contribution in [-0.2, 0) is 10.0 Å². The van der Waals surface area contributed by atoms with Crippen LogP contribution in [0.3, 0.4) is 0 Å². The first-order valence-electron chi connectivity index (χ1n) is 5.35.